The molecule has 1 N–H and O–H groups in total. The van der Waals surface area contributed by atoms with Crippen LogP contribution in [-0.2, 0) is 5.33 Å². The molecule has 2 aromatic rings. The molecule has 1 amide bonds. The topological polar surface area (TPSA) is 54.9 Å². The van der Waals surface area contributed by atoms with Crippen LogP contribution in [0.5, 0.6) is 0 Å². The molecule has 4 nitrogen and oxygen atoms in total. The fraction of sp³-hybridized carbons (Fsp3) is 0.0833. The minimum absolute atomic E-state index is 0.209. The number of anilines is 1. The van der Waals surface area contributed by atoms with Crippen LogP contribution in [0.25, 0.3) is 0 Å². The van der Waals surface area contributed by atoms with Gasteiger partial charge in [-0.25, -0.2) is 9.97 Å². The van der Waals surface area contributed by atoms with Crippen molar-refractivity contribution in [3.63, 3.8) is 0 Å². The summed E-state index contributed by atoms with van der Waals surface area (Å²) >= 11 is 3.38. The van der Waals surface area contributed by atoms with Crippen molar-refractivity contribution in [1.29, 1.82) is 0 Å². The zero-order valence-electron chi connectivity index (χ0n) is 8.93. The molecule has 1 aromatic carbocycles. The molecule has 0 fully saturated rings. The summed E-state index contributed by atoms with van der Waals surface area (Å²) in [6, 6.07) is 7.62. The maximum absolute atomic E-state index is 11.9. The highest BCUT2D eigenvalue weighted by Gasteiger charge is 2.08. The number of carbonyl (C=O) groups is 1. The third-order valence-electron chi connectivity index (χ3n) is 2.23. The van der Waals surface area contributed by atoms with Gasteiger partial charge >= 0.3 is 0 Å². The lowest BCUT2D eigenvalue weighted by Gasteiger charge is -2.08. The number of aromatic nitrogens is 2. The first-order valence-electron chi connectivity index (χ1n) is 5.01. The van der Waals surface area contributed by atoms with Crippen LogP contribution >= 0.6 is 15.9 Å². The fourth-order valence-electron chi connectivity index (χ4n) is 1.37. The molecule has 0 saturated heterocycles. The van der Waals surface area contributed by atoms with Gasteiger partial charge < -0.3 is 5.32 Å². The van der Waals surface area contributed by atoms with Crippen LogP contribution in [0.1, 0.15) is 15.9 Å². The van der Waals surface area contributed by atoms with Gasteiger partial charge in [-0.2, -0.15) is 0 Å². The van der Waals surface area contributed by atoms with Gasteiger partial charge in [0, 0.05) is 23.4 Å². The summed E-state index contributed by atoms with van der Waals surface area (Å²) in [5, 5.41) is 3.52. The summed E-state index contributed by atoms with van der Waals surface area (Å²) in [5.74, 6) is -0.209. The van der Waals surface area contributed by atoms with Gasteiger partial charge in [0.2, 0.25) is 0 Å². The molecule has 1 heterocycles. The van der Waals surface area contributed by atoms with Crippen LogP contribution in [0, 0.1) is 0 Å². The Morgan fingerprint density at radius 1 is 1.24 bits per heavy atom. The summed E-state index contributed by atoms with van der Waals surface area (Å²) in [5.41, 5.74) is 2.26. The Bertz CT molecular complexity index is 516. The first kappa shape index (κ1) is 11.7. The van der Waals surface area contributed by atoms with Crippen molar-refractivity contribution < 1.29 is 4.79 Å². The number of benzene rings is 1. The summed E-state index contributed by atoms with van der Waals surface area (Å²) in [6.45, 7) is 0. The van der Waals surface area contributed by atoms with Gasteiger partial charge in [-0.15, -0.1) is 0 Å². The lowest BCUT2D eigenvalue weighted by Crippen LogP contribution is -2.13. The van der Waals surface area contributed by atoms with Crippen molar-refractivity contribution in [2.24, 2.45) is 0 Å². The Kier molecular flexibility index (Phi) is 3.82. The molecule has 0 aliphatic heterocycles. The Labute approximate surface area is 107 Å². The van der Waals surface area contributed by atoms with E-state index in [1.807, 2.05) is 24.3 Å². The molecule has 1 aromatic heterocycles. The minimum Gasteiger partial charge on any atom is -0.322 e. The van der Waals surface area contributed by atoms with E-state index in [4.69, 9.17) is 0 Å². The molecule has 0 atom stereocenters. The van der Waals surface area contributed by atoms with Crippen molar-refractivity contribution in [2.45, 2.75) is 5.33 Å². The number of hydrogen-bond acceptors (Lipinski definition) is 3. The van der Waals surface area contributed by atoms with E-state index in [2.05, 4.69) is 31.2 Å². The largest absolute Gasteiger partial charge is 0.322 e. The second kappa shape index (κ2) is 5.54. The highest BCUT2D eigenvalue weighted by atomic mass is 79.9. The summed E-state index contributed by atoms with van der Waals surface area (Å²) < 4.78 is 0. The number of nitrogens with zero attached hydrogens (tertiary/aromatic N) is 2. The van der Waals surface area contributed by atoms with E-state index in [1.54, 1.807) is 0 Å². The zero-order valence-corrected chi connectivity index (χ0v) is 10.5. The molecular formula is C12H10BrN3O. The number of hydrogen-bond donors (Lipinski definition) is 1. The van der Waals surface area contributed by atoms with Crippen molar-refractivity contribution in [3.05, 3.63) is 54.1 Å². The molecule has 2 rings (SSSR count). The first-order chi connectivity index (χ1) is 8.31. The molecular weight excluding hydrogens is 282 g/mol. The zero-order chi connectivity index (χ0) is 12.1. The maximum Gasteiger partial charge on any atom is 0.258 e. The van der Waals surface area contributed by atoms with E-state index in [9.17, 15) is 4.79 Å². The predicted octanol–water partition coefficient (Wildman–Crippen LogP) is 2.62. The predicted molar refractivity (Wildman–Crippen MR) is 69.1 cm³/mol. The molecule has 17 heavy (non-hydrogen) atoms. The van der Waals surface area contributed by atoms with Crippen molar-refractivity contribution >= 4 is 27.5 Å². The number of alkyl halides is 1. The van der Waals surface area contributed by atoms with E-state index in [0.29, 0.717) is 10.9 Å². The Morgan fingerprint density at radius 2 is 1.94 bits per heavy atom. The van der Waals surface area contributed by atoms with Crippen LogP contribution in [0.2, 0.25) is 0 Å². The summed E-state index contributed by atoms with van der Waals surface area (Å²) in [7, 11) is 0. The van der Waals surface area contributed by atoms with Crippen molar-refractivity contribution in [2.75, 3.05) is 5.32 Å². The first-order valence-corrected chi connectivity index (χ1v) is 6.13. The highest BCUT2D eigenvalue weighted by molar-refractivity contribution is 9.08. The average molecular weight is 292 g/mol. The molecule has 0 bridgehead atoms. The van der Waals surface area contributed by atoms with Crippen LogP contribution in [0.3, 0.4) is 0 Å². The van der Waals surface area contributed by atoms with Gasteiger partial charge in [0.25, 0.3) is 5.91 Å². The molecule has 0 aliphatic rings. The quantitative estimate of drug-likeness (QED) is 0.885. The molecule has 0 radical (unpaired) electrons. The maximum atomic E-state index is 11.9. The number of carbonyl (C=O) groups excluding carboxylic acids is 1. The smallest absolute Gasteiger partial charge is 0.258 e. The lowest BCUT2D eigenvalue weighted by atomic mass is 10.2. The average Bonchev–Trinajstić information content (AvgIpc) is 2.40. The molecule has 0 unspecified atom stereocenters. The standard InChI is InChI=1S/C12H10BrN3O/c13-5-9-3-1-2-4-11(9)16-12(17)10-6-14-8-15-7-10/h1-4,6-8H,5H2,(H,16,17). The number of para-hydroxylation sites is 1. The van der Waals surface area contributed by atoms with Gasteiger partial charge in [-0.05, 0) is 11.6 Å². The molecule has 86 valence electrons. The normalized spacial score (nSPS) is 9.94. The molecule has 5 heteroatoms. The monoisotopic (exact) mass is 291 g/mol. The van der Waals surface area contributed by atoms with E-state index < -0.39 is 0 Å². The number of amides is 1. The Hall–Kier alpha value is -1.75. The van der Waals surface area contributed by atoms with Crippen LogP contribution in [0.4, 0.5) is 5.69 Å². The van der Waals surface area contributed by atoms with Crippen LogP contribution in [-0.4, -0.2) is 15.9 Å². The van der Waals surface area contributed by atoms with E-state index in [1.165, 1.54) is 18.7 Å². The SMILES string of the molecule is O=C(Nc1ccccc1CBr)c1cncnc1. The third kappa shape index (κ3) is 2.88. The minimum atomic E-state index is -0.209. The highest BCUT2D eigenvalue weighted by Crippen LogP contribution is 2.18. The number of nitrogens with one attached hydrogen (secondary N) is 1. The lowest BCUT2D eigenvalue weighted by molar-refractivity contribution is 0.102. The van der Waals surface area contributed by atoms with Crippen molar-refractivity contribution in [1.82, 2.24) is 9.97 Å². The van der Waals surface area contributed by atoms with E-state index in [-0.39, 0.29) is 5.91 Å². The summed E-state index contributed by atoms with van der Waals surface area (Å²) in [4.78, 5) is 19.5. The third-order valence-corrected chi connectivity index (χ3v) is 2.84. The van der Waals surface area contributed by atoms with E-state index in [0.717, 1.165) is 11.3 Å². The van der Waals surface area contributed by atoms with Gasteiger partial charge in [-0.1, -0.05) is 34.1 Å². The Morgan fingerprint density at radius 3 is 2.65 bits per heavy atom. The fourth-order valence-corrected chi connectivity index (χ4v) is 1.86. The second-order valence-corrected chi connectivity index (χ2v) is 3.93. The Balaban J connectivity index is 2.19. The van der Waals surface area contributed by atoms with Crippen LogP contribution < -0.4 is 5.32 Å². The molecule has 0 spiro atoms. The van der Waals surface area contributed by atoms with Gasteiger partial charge in [0.15, 0.2) is 0 Å². The van der Waals surface area contributed by atoms with Crippen LogP contribution in [0.15, 0.2) is 43.0 Å². The van der Waals surface area contributed by atoms with Gasteiger partial charge in [-0.3, -0.25) is 4.79 Å². The van der Waals surface area contributed by atoms with Gasteiger partial charge in [0.1, 0.15) is 6.33 Å². The number of rotatable bonds is 3. The molecule has 0 saturated carbocycles. The van der Waals surface area contributed by atoms with E-state index >= 15 is 0 Å². The van der Waals surface area contributed by atoms with Crippen molar-refractivity contribution in [3.8, 4) is 0 Å². The second-order valence-electron chi connectivity index (χ2n) is 3.37. The summed E-state index contributed by atoms with van der Waals surface area (Å²) in [6.07, 6.45) is 4.36. The molecule has 0 aliphatic carbocycles. The number of halogens is 1. The van der Waals surface area contributed by atoms with Gasteiger partial charge in [0.05, 0.1) is 5.56 Å².